The van der Waals surface area contributed by atoms with Crippen molar-refractivity contribution in [1.82, 2.24) is 5.32 Å². The van der Waals surface area contributed by atoms with Crippen LogP contribution in [0.3, 0.4) is 0 Å². The zero-order valence-electron chi connectivity index (χ0n) is 8.25. The summed E-state index contributed by atoms with van der Waals surface area (Å²) in [6, 6.07) is -0.344. The van der Waals surface area contributed by atoms with Crippen LogP contribution in [0, 0.1) is 11.8 Å². The van der Waals surface area contributed by atoms with Gasteiger partial charge in [-0.1, -0.05) is 13.8 Å². The summed E-state index contributed by atoms with van der Waals surface area (Å²) >= 11 is 0. The van der Waals surface area contributed by atoms with E-state index in [4.69, 9.17) is 5.73 Å². The summed E-state index contributed by atoms with van der Waals surface area (Å²) in [4.78, 5) is 11.3. The predicted octanol–water partition coefficient (Wildman–Crippen LogP) is 0.918. The van der Waals surface area contributed by atoms with E-state index in [0.29, 0.717) is 0 Å². The van der Waals surface area contributed by atoms with Crippen molar-refractivity contribution in [3.63, 3.8) is 0 Å². The zero-order chi connectivity index (χ0) is 9.14. The van der Waals surface area contributed by atoms with Gasteiger partial charge in [0.2, 0.25) is 5.91 Å². The van der Waals surface area contributed by atoms with Gasteiger partial charge in [-0.2, -0.15) is 0 Å². The molecule has 3 nitrogen and oxygen atoms in total. The first-order chi connectivity index (χ1) is 5.61. The lowest BCUT2D eigenvalue weighted by Gasteiger charge is -2.14. The highest BCUT2D eigenvalue weighted by molar-refractivity contribution is 5.85. The minimum absolute atomic E-state index is 0. The molecule has 1 rings (SSSR count). The number of hydrogen-bond acceptors (Lipinski definition) is 2. The number of nitrogens with two attached hydrogens (primary N) is 1. The molecular weight excluding hydrogens is 188 g/mol. The SMILES string of the molecule is CC(C)[C@@H](N)C(=O)NCC1CC1.Cl. The fourth-order valence-corrected chi connectivity index (χ4v) is 0.988. The monoisotopic (exact) mass is 206 g/mol. The molecule has 1 fully saturated rings. The van der Waals surface area contributed by atoms with Crippen molar-refractivity contribution in [2.45, 2.75) is 32.7 Å². The van der Waals surface area contributed by atoms with Crippen LogP contribution in [0.4, 0.5) is 0 Å². The molecule has 1 aliphatic carbocycles. The van der Waals surface area contributed by atoms with Crippen molar-refractivity contribution in [3.05, 3.63) is 0 Å². The molecule has 1 atom stereocenters. The van der Waals surface area contributed by atoms with Crippen LogP contribution in [0.1, 0.15) is 26.7 Å². The van der Waals surface area contributed by atoms with Crippen molar-refractivity contribution >= 4 is 18.3 Å². The molecule has 3 N–H and O–H groups in total. The number of carbonyl (C=O) groups is 1. The quantitative estimate of drug-likeness (QED) is 0.719. The fourth-order valence-electron chi connectivity index (χ4n) is 0.988. The second-order valence-electron chi connectivity index (χ2n) is 3.96. The van der Waals surface area contributed by atoms with Crippen molar-refractivity contribution in [2.75, 3.05) is 6.54 Å². The lowest BCUT2D eigenvalue weighted by molar-refractivity contribution is -0.123. The summed E-state index contributed by atoms with van der Waals surface area (Å²) in [6.07, 6.45) is 2.52. The topological polar surface area (TPSA) is 55.1 Å². The first-order valence-corrected chi connectivity index (χ1v) is 4.64. The van der Waals surface area contributed by atoms with Crippen molar-refractivity contribution in [1.29, 1.82) is 0 Å². The summed E-state index contributed by atoms with van der Waals surface area (Å²) in [5, 5.41) is 2.86. The van der Waals surface area contributed by atoms with E-state index in [0.717, 1.165) is 12.5 Å². The number of amides is 1. The van der Waals surface area contributed by atoms with Gasteiger partial charge in [-0.25, -0.2) is 0 Å². The van der Waals surface area contributed by atoms with Gasteiger partial charge in [-0.15, -0.1) is 12.4 Å². The third-order valence-corrected chi connectivity index (χ3v) is 2.28. The molecule has 13 heavy (non-hydrogen) atoms. The highest BCUT2D eigenvalue weighted by atomic mass is 35.5. The Kier molecular flexibility index (Phi) is 5.33. The van der Waals surface area contributed by atoms with E-state index in [2.05, 4.69) is 5.32 Å². The summed E-state index contributed by atoms with van der Waals surface area (Å²) in [5.41, 5.74) is 5.65. The third-order valence-electron chi connectivity index (χ3n) is 2.28. The van der Waals surface area contributed by atoms with Gasteiger partial charge in [-0.3, -0.25) is 4.79 Å². The normalized spacial score (nSPS) is 17.8. The minimum atomic E-state index is -0.344. The van der Waals surface area contributed by atoms with Crippen LogP contribution in [0.15, 0.2) is 0 Å². The van der Waals surface area contributed by atoms with Gasteiger partial charge >= 0.3 is 0 Å². The summed E-state index contributed by atoms with van der Waals surface area (Å²) in [6.45, 7) is 4.74. The second kappa shape index (κ2) is 5.45. The molecule has 0 spiro atoms. The van der Waals surface area contributed by atoms with Crippen LogP contribution in [0.5, 0.6) is 0 Å². The molecule has 0 aromatic carbocycles. The summed E-state index contributed by atoms with van der Waals surface area (Å²) in [7, 11) is 0. The van der Waals surface area contributed by atoms with E-state index >= 15 is 0 Å². The molecule has 0 unspecified atom stereocenters. The van der Waals surface area contributed by atoms with Gasteiger partial charge in [0.1, 0.15) is 0 Å². The first-order valence-electron chi connectivity index (χ1n) is 4.64. The molecule has 0 saturated heterocycles. The Hall–Kier alpha value is -0.280. The molecular formula is C9H19ClN2O. The standard InChI is InChI=1S/C9H18N2O.ClH/c1-6(2)8(10)9(12)11-5-7-3-4-7;/h6-8H,3-5,10H2,1-2H3,(H,11,12);1H/t8-;/m1./s1. The molecule has 1 aliphatic rings. The van der Waals surface area contributed by atoms with E-state index in [-0.39, 0.29) is 30.3 Å². The van der Waals surface area contributed by atoms with Crippen LogP contribution in [-0.2, 0) is 4.79 Å². The van der Waals surface area contributed by atoms with E-state index < -0.39 is 0 Å². The Morgan fingerprint density at radius 2 is 2.08 bits per heavy atom. The molecule has 78 valence electrons. The fraction of sp³-hybridized carbons (Fsp3) is 0.889. The highest BCUT2D eigenvalue weighted by Gasteiger charge is 2.23. The highest BCUT2D eigenvalue weighted by Crippen LogP contribution is 2.27. The largest absolute Gasteiger partial charge is 0.354 e. The van der Waals surface area contributed by atoms with Gasteiger partial charge in [0.25, 0.3) is 0 Å². The summed E-state index contributed by atoms with van der Waals surface area (Å²) < 4.78 is 0. The zero-order valence-corrected chi connectivity index (χ0v) is 9.06. The average molecular weight is 207 g/mol. The van der Waals surface area contributed by atoms with Crippen molar-refractivity contribution < 1.29 is 4.79 Å². The van der Waals surface area contributed by atoms with Crippen LogP contribution < -0.4 is 11.1 Å². The molecule has 0 aliphatic heterocycles. The van der Waals surface area contributed by atoms with Crippen molar-refractivity contribution in [3.8, 4) is 0 Å². The molecule has 0 aromatic heterocycles. The number of hydrogen-bond donors (Lipinski definition) is 2. The van der Waals surface area contributed by atoms with E-state index in [9.17, 15) is 4.79 Å². The lowest BCUT2D eigenvalue weighted by atomic mass is 10.1. The maximum Gasteiger partial charge on any atom is 0.237 e. The smallest absolute Gasteiger partial charge is 0.237 e. The van der Waals surface area contributed by atoms with Crippen LogP contribution >= 0.6 is 12.4 Å². The Morgan fingerprint density at radius 3 is 2.46 bits per heavy atom. The molecule has 0 bridgehead atoms. The van der Waals surface area contributed by atoms with Gasteiger partial charge in [-0.05, 0) is 24.7 Å². The average Bonchev–Trinajstić information content (AvgIpc) is 2.81. The lowest BCUT2D eigenvalue weighted by Crippen LogP contribution is -2.44. The number of nitrogens with one attached hydrogen (secondary N) is 1. The van der Waals surface area contributed by atoms with Gasteiger partial charge in [0.05, 0.1) is 6.04 Å². The predicted molar refractivity (Wildman–Crippen MR) is 55.8 cm³/mol. The molecule has 1 saturated carbocycles. The number of rotatable bonds is 4. The van der Waals surface area contributed by atoms with Crippen molar-refractivity contribution in [2.24, 2.45) is 17.6 Å². The number of halogens is 1. The first kappa shape index (κ1) is 12.7. The van der Waals surface area contributed by atoms with E-state index in [1.165, 1.54) is 12.8 Å². The molecule has 1 amide bonds. The Labute approximate surface area is 85.9 Å². The summed E-state index contributed by atoms with van der Waals surface area (Å²) in [5.74, 6) is 0.953. The minimum Gasteiger partial charge on any atom is -0.354 e. The van der Waals surface area contributed by atoms with Crippen LogP contribution in [0.2, 0.25) is 0 Å². The molecule has 0 heterocycles. The van der Waals surface area contributed by atoms with Gasteiger partial charge in [0.15, 0.2) is 0 Å². The van der Waals surface area contributed by atoms with Crippen LogP contribution in [-0.4, -0.2) is 18.5 Å². The van der Waals surface area contributed by atoms with Crippen LogP contribution in [0.25, 0.3) is 0 Å². The van der Waals surface area contributed by atoms with Gasteiger partial charge in [0, 0.05) is 6.54 Å². The Bertz CT molecular complexity index is 169. The molecule has 0 radical (unpaired) electrons. The van der Waals surface area contributed by atoms with E-state index in [1.807, 2.05) is 13.8 Å². The second-order valence-corrected chi connectivity index (χ2v) is 3.96. The third kappa shape index (κ3) is 4.48. The molecule has 0 aromatic rings. The maximum absolute atomic E-state index is 11.3. The Balaban J connectivity index is 0.00000144. The van der Waals surface area contributed by atoms with Gasteiger partial charge < -0.3 is 11.1 Å². The maximum atomic E-state index is 11.3. The Morgan fingerprint density at radius 1 is 1.54 bits per heavy atom. The number of carbonyl (C=O) groups excluding carboxylic acids is 1. The molecule has 4 heteroatoms. The van der Waals surface area contributed by atoms with E-state index in [1.54, 1.807) is 0 Å².